The predicted molar refractivity (Wildman–Crippen MR) is 182 cm³/mol. The molecule has 0 aromatic heterocycles. The second-order valence-electron chi connectivity index (χ2n) is 14.0. The molecule has 3 aliphatic heterocycles. The Bertz CT molecular complexity index is 1820. The van der Waals surface area contributed by atoms with Crippen LogP contribution in [0.3, 0.4) is 0 Å². The van der Waals surface area contributed by atoms with Gasteiger partial charge in [-0.1, -0.05) is 78.9 Å². The van der Waals surface area contributed by atoms with Gasteiger partial charge >= 0.3 is 5.97 Å². The highest BCUT2D eigenvalue weighted by Crippen LogP contribution is 2.58. The van der Waals surface area contributed by atoms with Crippen molar-refractivity contribution in [2.45, 2.75) is 74.9 Å². The fourth-order valence-corrected chi connectivity index (χ4v) is 8.42. The molecule has 3 saturated heterocycles. The van der Waals surface area contributed by atoms with Crippen molar-refractivity contribution in [3.8, 4) is 5.75 Å². The number of nitrogens with zero attached hydrogens (tertiary/aromatic N) is 1. The van der Waals surface area contributed by atoms with E-state index in [1.165, 1.54) is 0 Å². The van der Waals surface area contributed by atoms with Crippen LogP contribution in [0, 0.1) is 5.41 Å². The van der Waals surface area contributed by atoms with E-state index in [1.807, 2.05) is 60.7 Å². The molecule has 12 nitrogen and oxygen atoms in total. The number of rotatable bonds is 11. The minimum absolute atomic E-state index is 0.00986. The number of para-hydroxylation sites is 1. The van der Waals surface area contributed by atoms with Gasteiger partial charge in [-0.25, -0.2) is 0 Å². The van der Waals surface area contributed by atoms with E-state index in [2.05, 4.69) is 22.8 Å². The molecular formula is C39H41N3O9. The summed E-state index contributed by atoms with van der Waals surface area (Å²) in [5.41, 5.74) is 3.57. The first-order chi connectivity index (χ1) is 24.8. The van der Waals surface area contributed by atoms with Gasteiger partial charge in [-0.05, 0) is 40.3 Å². The van der Waals surface area contributed by atoms with Gasteiger partial charge in [-0.2, -0.15) is 5.06 Å². The van der Waals surface area contributed by atoms with E-state index in [-0.39, 0.29) is 50.7 Å². The molecule has 3 aromatic carbocycles. The minimum Gasteiger partial charge on any atom is -0.508 e. The van der Waals surface area contributed by atoms with Crippen LogP contribution in [0.5, 0.6) is 5.75 Å². The summed E-state index contributed by atoms with van der Waals surface area (Å²) in [4.78, 5) is 47.2. The zero-order valence-electron chi connectivity index (χ0n) is 28.0. The van der Waals surface area contributed by atoms with Gasteiger partial charge in [0.15, 0.2) is 11.8 Å². The quantitative estimate of drug-likeness (QED) is 0.220. The predicted octanol–water partition coefficient (Wildman–Crippen LogP) is 2.34. The Morgan fingerprint density at radius 2 is 1.65 bits per heavy atom. The number of carbonyl (C=O) groups is 3. The standard InChI is InChI=1S/C39H41N3O9/c43-19-18-40-31(45)16-17-41-37(47)39-22-30-32-33(50-38(49-32)20-27-8-1-2-9-28(27)21-38)35(39)51-42(34(39)36(46)48-30)23-25-14-12-24(13-15-25)6-5-10-26-7-3-4-11-29(26)44/h1-9,11-15,30,32-35,43-44H,10,16-23H2,(H,40,45)(H,41,47)/t30-,32+,33+,34+,35-,39+/m1/s1. The number of ether oxygens (including phenoxy) is 3. The van der Waals surface area contributed by atoms with Gasteiger partial charge in [0.25, 0.3) is 0 Å². The number of nitrogens with one attached hydrogen (secondary N) is 2. The zero-order chi connectivity index (χ0) is 35.2. The van der Waals surface area contributed by atoms with Gasteiger partial charge in [-0.3, -0.25) is 19.2 Å². The topological polar surface area (TPSA) is 156 Å². The van der Waals surface area contributed by atoms with Crippen LogP contribution >= 0.6 is 0 Å². The Kier molecular flexibility index (Phi) is 8.89. The highest BCUT2D eigenvalue weighted by molar-refractivity contribution is 5.94. The van der Waals surface area contributed by atoms with Gasteiger partial charge in [-0.15, -0.1) is 0 Å². The number of hydroxylamine groups is 2. The number of hydrogen-bond donors (Lipinski definition) is 4. The second-order valence-corrected chi connectivity index (χ2v) is 14.0. The number of phenolic OH excluding ortho intramolecular Hbond substituents is 1. The van der Waals surface area contributed by atoms with Crippen molar-refractivity contribution >= 4 is 23.9 Å². The average Bonchev–Trinajstić information content (AvgIpc) is 3.80. The van der Waals surface area contributed by atoms with E-state index in [4.69, 9.17) is 24.2 Å². The SMILES string of the molecule is O=C(CCNC(=O)[C@@]12C[C@H]3OC(=O)[C@@H]1N(Cc1ccc(C=CCc4ccccc4O)cc1)O[C@@H]2[C@H]1OC2(Cc4ccccc4C2)O[C@H]13)NCCO. The maximum Gasteiger partial charge on any atom is 0.327 e. The first-order valence-corrected chi connectivity index (χ1v) is 17.5. The van der Waals surface area contributed by atoms with Gasteiger partial charge in [0.1, 0.15) is 35.6 Å². The van der Waals surface area contributed by atoms with Crippen LogP contribution in [0.2, 0.25) is 0 Å². The summed E-state index contributed by atoms with van der Waals surface area (Å²) in [6.07, 6.45) is 2.94. The van der Waals surface area contributed by atoms with E-state index in [1.54, 1.807) is 17.2 Å². The van der Waals surface area contributed by atoms with Gasteiger partial charge in [0.2, 0.25) is 11.8 Å². The molecule has 2 amide bonds. The van der Waals surface area contributed by atoms with Crippen LogP contribution in [0.4, 0.5) is 0 Å². The second kappa shape index (κ2) is 13.5. The van der Waals surface area contributed by atoms with Crippen LogP contribution in [0.15, 0.2) is 78.9 Å². The van der Waals surface area contributed by atoms with Crippen molar-refractivity contribution < 1.29 is 43.6 Å². The molecule has 0 radical (unpaired) electrons. The number of esters is 1. The summed E-state index contributed by atoms with van der Waals surface area (Å²) in [7, 11) is 0. The van der Waals surface area contributed by atoms with Gasteiger partial charge < -0.3 is 35.1 Å². The normalized spacial score (nSPS) is 28.4. The van der Waals surface area contributed by atoms with E-state index in [9.17, 15) is 19.5 Å². The number of phenols is 1. The Balaban J connectivity index is 1.04. The number of allylic oxidation sites excluding steroid dienone is 1. The summed E-state index contributed by atoms with van der Waals surface area (Å²) in [5.74, 6) is -1.97. The number of amides is 2. The monoisotopic (exact) mass is 695 g/mol. The van der Waals surface area contributed by atoms with E-state index in [0.717, 1.165) is 27.8 Å². The van der Waals surface area contributed by atoms with Gasteiger partial charge in [0, 0.05) is 38.8 Å². The molecule has 3 aromatic rings. The highest BCUT2D eigenvalue weighted by atomic mass is 16.8. The maximum absolute atomic E-state index is 14.4. The number of aromatic hydroxyl groups is 1. The van der Waals surface area contributed by atoms with Crippen molar-refractivity contribution in [3.63, 3.8) is 0 Å². The van der Waals surface area contributed by atoms with Crippen LogP contribution < -0.4 is 10.6 Å². The first-order valence-electron chi connectivity index (χ1n) is 17.5. The van der Waals surface area contributed by atoms with Crippen molar-refractivity contribution in [1.82, 2.24) is 15.7 Å². The lowest BCUT2D eigenvalue weighted by Gasteiger charge is -2.48. The van der Waals surface area contributed by atoms with Crippen LogP contribution in [-0.4, -0.2) is 89.0 Å². The number of carbonyl (C=O) groups excluding carboxylic acids is 3. The molecule has 0 unspecified atom stereocenters. The lowest BCUT2D eigenvalue weighted by Crippen LogP contribution is -2.69. The van der Waals surface area contributed by atoms with Crippen molar-refractivity contribution in [1.29, 1.82) is 0 Å². The molecule has 5 aliphatic rings. The summed E-state index contributed by atoms with van der Waals surface area (Å²) in [6, 6.07) is 22.1. The minimum atomic E-state index is -1.35. The lowest BCUT2D eigenvalue weighted by atomic mass is 9.62. The Hall–Kier alpha value is -4.59. The number of aliphatic hydroxyl groups is 1. The van der Waals surface area contributed by atoms with Gasteiger partial charge in [0.05, 0.1) is 13.2 Å². The molecule has 12 heteroatoms. The summed E-state index contributed by atoms with van der Waals surface area (Å²) < 4.78 is 19.5. The third-order valence-corrected chi connectivity index (χ3v) is 10.7. The smallest absolute Gasteiger partial charge is 0.327 e. The molecule has 1 saturated carbocycles. The van der Waals surface area contributed by atoms with E-state index >= 15 is 0 Å². The third kappa shape index (κ3) is 6.10. The maximum atomic E-state index is 14.4. The molecule has 8 rings (SSSR count). The largest absolute Gasteiger partial charge is 0.508 e. The van der Waals surface area contributed by atoms with E-state index < -0.39 is 53.5 Å². The number of hydrogen-bond acceptors (Lipinski definition) is 10. The van der Waals surface area contributed by atoms with Crippen molar-refractivity contribution in [2.75, 3.05) is 19.7 Å². The number of fused-ring (bicyclic) bond motifs is 5. The fourth-order valence-electron chi connectivity index (χ4n) is 8.42. The molecule has 4 N–H and O–H groups in total. The zero-order valence-corrected chi connectivity index (χ0v) is 28.0. The Labute approximate surface area is 295 Å². The Morgan fingerprint density at radius 1 is 0.922 bits per heavy atom. The molecule has 6 atom stereocenters. The molecule has 3 heterocycles. The molecule has 4 fully saturated rings. The lowest BCUT2D eigenvalue weighted by molar-refractivity contribution is -0.217. The van der Waals surface area contributed by atoms with Crippen molar-refractivity contribution in [2.24, 2.45) is 5.41 Å². The summed E-state index contributed by atoms with van der Waals surface area (Å²) in [6.45, 7) is 0.188. The molecule has 266 valence electrons. The first kappa shape index (κ1) is 33.5. The van der Waals surface area contributed by atoms with Crippen LogP contribution in [0.25, 0.3) is 6.08 Å². The summed E-state index contributed by atoms with van der Waals surface area (Å²) >= 11 is 0. The average molecular weight is 696 g/mol. The van der Waals surface area contributed by atoms with Crippen molar-refractivity contribution in [3.05, 3.63) is 107 Å². The number of aliphatic hydroxyl groups excluding tert-OH is 1. The summed E-state index contributed by atoms with van der Waals surface area (Å²) in [5, 5.41) is 26.2. The molecular weight excluding hydrogens is 654 g/mol. The number of benzene rings is 3. The third-order valence-electron chi connectivity index (χ3n) is 10.7. The Morgan fingerprint density at radius 3 is 2.39 bits per heavy atom. The molecule has 1 spiro atoms. The fraction of sp³-hybridized carbons (Fsp3) is 0.410. The van der Waals surface area contributed by atoms with Crippen LogP contribution in [-0.2, 0) is 59.2 Å². The highest BCUT2D eigenvalue weighted by Gasteiger charge is 2.76. The molecule has 2 aliphatic carbocycles. The van der Waals surface area contributed by atoms with Crippen LogP contribution in [0.1, 0.15) is 40.7 Å². The molecule has 51 heavy (non-hydrogen) atoms. The molecule has 2 bridgehead atoms. The van der Waals surface area contributed by atoms with E-state index in [0.29, 0.717) is 19.3 Å².